The molecule has 0 saturated carbocycles. The van der Waals surface area contributed by atoms with Crippen LogP contribution in [0.25, 0.3) is 0 Å². The lowest BCUT2D eigenvalue weighted by atomic mass is 9.77. The number of benzene rings is 2. The molecule has 3 nitrogen and oxygen atoms in total. The zero-order chi connectivity index (χ0) is 23.4. The number of hydrogen-bond donors (Lipinski definition) is 1. The predicted octanol–water partition coefficient (Wildman–Crippen LogP) is 6.42. The molecule has 3 heteroatoms. The number of amides is 1. The Morgan fingerprint density at radius 3 is 2.38 bits per heavy atom. The van der Waals surface area contributed by atoms with E-state index in [1.807, 2.05) is 42.6 Å². The minimum absolute atomic E-state index is 0.00697. The molecule has 0 bridgehead atoms. The zero-order valence-corrected chi connectivity index (χ0v) is 20.2. The number of allylic oxidation sites excluding steroid dienone is 4. The van der Waals surface area contributed by atoms with Gasteiger partial charge in [-0.05, 0) is 43.0 Å². The molecule has 1 amide bonds. The van der Waals surface area contributed by atoms with Crippen LogP contribution in [0.15, 0.2) is 91.2 Å². The van der Waals surface area contributed by atoms with E-state index in [0.29, 0.717) is 0 Å². The molecule has 0 aliphatic carbocycles. The maximum Gasteiger partial charge on any atom is 0.227 e. The zero-order valence-electron chi connectivity index (χ0n) is 20.2. The number of quaternary nitrogens is 1. The second-order valence-corrected chi connectivity index (χ2v) is 8.67. The van der Waals surface area contributed by atoms with Crippen LogP contribution in [-0.2, 0) is 10.2 Å². The number of carbonyl (C=O) groups excluding carboxylic acids is 1. The Labute approximate surface area is 194 Å². The van der Waals surface area contributed by atoms with Crippen molar-refractivity contribution in [1.29, 1.82) is 0 Å². The van der Waals surface area contributed by atoms with E-state index in [4.69, 9.17) is 0 Å². The molecule has 0 radical (unpaired) electrons. The molecule has 32 heavy (non-hydrogen) atoms. The van der Waals surface area contributed by atoms with Crippen molar-refractivity contribution >= 4 is 17.3 Å². The molecule has 0 aliphatic rings. The highest BCUT2D eigenvalue weighted by atomic mass is 16.2. The van der Waals surface area contributed by atoms with Crippen LogP contribution in [0, 0.1) is 0 Å². The summed E-state index contributed by atoms with van der Waals surface area (Å²) in [5.41, 5.74) is 4.49. The summed E-state index contributed by atoms with van der Waals surface area (Å²) in [4.78, 5) is 13.6. The molecule has 0 aromatic heterocycles. The third-order valence-electron chi connectivity index (χ3n) is 5.81. The van der Waals surface area contributed by atoms with E-state index in [0.717, 1.165) is 30.6 Å². The van der Waals surface area contributed by atoms with Gasteiger partial charge in [-0.3, -0.25) is 9.69 Å². The largest absolute Gasteiger partial charge is 0.314 e. The van der Waals surface area contributed by atoms with Crippen LogP contribution >= 0.6 is 0 Å². The quantitative estimate of drug-likeness (QED) is 0.235. The van der Waals surface area contributed by atoms with E-state index in [-0.39, 0.29) is 11.3 Å². The Balaban J connectivity index is 1.95. The summed E-state index contributed by atoms with van der Waals surface area (Å²) in [6, 6.07) is 18.4. The van der Waals surface area contributed by atoms with Crippen molar-refractivity contribution in [2.24, 2.45) is 0 Å². The molecule has 2 aromatic rings. The SMILES string of the molecule is C=C(/C=C/CC/C=C/N(C(C)=O)c1ccccc1)C(C)(C)c1ccccc1[NH2+]CCCC. The lowest BCUT2D eigenvalue weighted by Crippen LogP contribution is -2.78. The monoisotopic (exact) mass is 431 g/mol. The van der Waals surface area contributed by atoms with Gasteiger partial charge >= 0.3 is 0 Å². The molecular weight excluding hydrogens is 392 g/mol. The summed E-state index contributed by atoms with van der Waals surface area (Å²) in [6.45, 7) is 13.8. The van der Waals surface area contributed by atoms with E-state index >= 15 is 0 Å². The number of carbonyl (C=O) groups is 1. The first kappa shape index (κ1) is 25.4. The van der Waals surface area contributed by atoms with Crippen LogP contribution < -0.4 is 10.2 Å². The first-order chi connectivity index (χ1) is 15.4. The molecule has 0 spiro atoms. The standard InChI is InChI=1S/C29H38N2O/c1-6-7-22-30-28-21-15-14-20-27(28)29(4,5)24(2)17-11-8-9-16-23-31(25(3)32)26-18-12-10-13-19-26/h10-21,23,30H,2,6-9,22H2,1,3-5H3/p+1/b17-11+,23-16+. The molecule has 170 valence electrons. The minimum Gasteiger partial charge on any atom is -0.314 e. The lowest BCUT2D eigenvalue weighted by molar-refractivity contribution is -0.572. The van der Waals surface area contributed by atoms with Crippen LogP contribution in [-0.4, -0.2) is 12.5 Å². The molecule has 0 heterocycles. The Hall–Kier alpha value is -2.91. The number of unbranched alkanes of at least 4 members (excludes halogenated alkanes) is 2. The van der Waals surface area contributed by atoms with Crippen molar-refractivity contribution in [3.05, 3.63) is 96.7 Å². The van der Waals surface area contributed by atoms with Crippen LogP contribution in [0.5, 0.6) is 0 Å². The topological polar surface area (TPSA) is 36.9 Å². The van der Waals surface area contributed by atoms with Gasteiger partial charge in [0.2, 0.25) is 5.91 Å². The number of nitrogens with two attached hydrogens (primary N) is 1. The van der Waals surface area contributed by atoms with Gasteiger partial charge in [-0.15, -0.1) is 0 Å². The number of nitrogens with zero attached hydrogens (tertiary/aromatic N) is 1. The smallest absolute Gasteiger partial charge is 0.227 e. The third-order valence-corrected chi connectivity index (χ3v) is 5.81. The number of rotatable bonds is 12. The van der Waals surface area contributed by atoms with Gasteiger partial charge in [-0.1, -0.05) is 88.4 Å². The summed E-state index contributed by atoms with van der Waals surface area (Å²) in [5, 5.41) is 2.36. The first-order valence-electron chi connectivity index (χ1n) is 11.7. The summed E-state index contributed by atoms with van der Waals surface area (Å²) >= 11 is 0. The van der Waals surface area contributed by atoms with Gasteiger partial charge in [0.15, 0.2) is 0 Å². The van der Waals surface area contributed by atoms with Crippen molar-refractivity contribution < 1.29 is 10.1 Å². The molecule has 0 unspecified atom stereocenters. The van der Waals surface area contributed by atoms with E-state index in [2.05, 4.69) is 69.1 Å². The van der Waals surface area contributed by atoms with E-state index < -0.39 is 0 Å². The molecule has 2 aromatic carbocycles. The highest BCUT2D eigenvalue weighted by Crippen LogP contribution is 2.34. The van der Waals surface area contributed by atoms with E-state index in [1.54, 1.807) is 11.8 Å². The average Bonchev–Trinajstić information content (AvgIpc) is 2.79. The van der Waals surface area contributed by atoms with Gasteiger partial charge in [0.25, 0.3) is 0 Å². The number of para-hydroxylation sites is 2. The Morgan fingerprint density at radius 2 is 1.69 bits per heavy atom. The van der Waals surface area contributed by atoms with Crippen molar-refractivity contribution in [3.8, 4) is 0 Å². The molecule has 2 rings (SSSR count). The van der Waals surface area contributed by atoms with E-state index in [1.165, 1.54) is 24.1 Å². The van der Waals surface area contributed by atoms with Gasteiger partial charge in [-0.25, -0.2) is 0 Å². The third kappa shape index (κ3) is 7.35. The molecule has 0 aliphatic heterocycles. The molecular formula is C29H39N2O+. The van der Waals surface area contributed by atoms with Crippen molar-refractivity contribution in [1.82, 2.24) is 0 Å². The van der Waals surface area contributed by atoms with Crippen LogP contribution in [0.2, 0.25) is 0 Å². The van der Waals surface area contributed by atoms with Crippen LogP contribution in [0.4, 0.5) is 11.4 Å². The second kappa shape index (κ2) is 12.8. The van der Waals surface area contributed by atoms with Crippen molar-refractivity contribution in [2.75, 3.05) is 11.4 Å². The average molecular weight is 432 g/mol. The van der Waals surface area contributed by atoms with Crippen LogP contribution in [0.1, 0.15) is 58.9 Å². The Kier molecular flexibility index (Phi) is 10.2. The molecule has 0 fully saturated rings. The van der Waals surface area contributed by atoms with Crippen LogP contribution in [0.3, 0.4) is 0 Å². The normalized spacial score (nSPS) is 11.9. The fraction of sp³-hybridized carbons (Fsp3) is 0.345. The van der Waals surface area contributed by atoms with Gasteiger partial charge in [-0.2, -0.15) is 0 Å². The molecule has 2 N–H and O–H groups in total. The minimum atomic E-state index is -0.135. The second-order valence-electron chi connectivity index (χ2n) is 8.67. The maximum absolute atomic E-state index is 12.0. The Morgan fingerprint density at radius 1 is 1.03 bits per heavy atom. The lowest BCUT2D eigenvalue weighted by Gasteiger charge is -2.27. The highest BCUT2D eigenvalue weighted by Gasteiger charge is 2.27. The van der Waals surface area contributed by atoms with Gasteiger partial charge in [0.05, 0.1) is 6.54 Å². The number of anilines is 1. The fourth-order valence-corrected chi connectivity index (χ4v) is 3.65. The summed E-state index contributed by atoms with van der Waals surface area (Å²) in [5.74, 6) is 0.00697. The summed E-state index contributed by atoms with van der Waals surface area (Å²) in [7, 11) is 0. The highest BCUT2D eigenvalue weighted by molar-refractivity contribution is 5.93. The fourth-order valence-electron chi connectivity index (χ4n) is 3.65. The summed E-state index contributed by atoms with van der Waals surface area (Å²) in [6.07, 6.45) is 12.4. The van der Waals surface area contributed by atoms with Crippen molar-refractivity contribution in [2.45, 2.75) is 58.8 Å². The van der Waals surface area contributed by atoms with Gasteiger partial charge < -0.3 is 5.32 Å². The van der Waals surface area contributed by atoms with E-state index in [9.17, 15) is 4.79 Å². The maximum atomic E-state index is 12.0. The number of hydrogen-bond acceptors (Lipinski definition) is 1. The van der Waals surface area contributed by atoms with Gasteiger partial charge in [0.1, 0.15) is 5.69 Å². The summed E-state index contributed by atoms with van der Waals surface area (Å²) < 4.78 is 0. The molecule has 0 atom stereocenters. The molecule has 0 saturated heterocycles. The Bertz CT molecular complexity index is 925. The van der Waals surface area contributed by atoms with Crippen molar-refractivity contribution in [3.63, 3.8) is 0 Å². The van der Waals surface area contributed by atoms with Gasteiger partial charge in [0, 0.05) is 29.8 Å². The first-order valence-corrected chi connectivity index (χ1v) is 11.7. The predicted molar refractivity (Wildman–Crippen MR) is 137 cm³/mol.